The molecule has 0 atom stereocenters. The van der Waals surface area contributed by atoms with E-state index in [0.717, 1.165) is 24.8 Å². The summed E-state index contributed by atoms with van der Waals surface area (Å²) in [6, 6.07) is 1.81. The molecule has 160 valence electrons. The van der Waals surface area contributed by atoms with Crippen molar-refractivity contribution in [2.45, 2.75) is 97.4 Å². The van der Waals surface area contributed by atoms with Crippen LogP contribution in [-0.4, -0.2) is 24.2 Å². The van der Waals surface area contributed by atoms with Crippen molar-refractivity contribution in [1.82, 2.24) is 0 Å². The maximum absolute atomic E-state index is 11.7. The second-order valence-electron chi connectivity index (χ2n) is 7.94. The lowest BCUT2D eigenvalue weighted by atomic mass is 9.98. The predicted octanol–water partition coefficient (Wildman–Crippen LogP) is 6.26. The van der Waals surface area contributed by atoms with E-state index in [-0.39, 0.29) is 11.6 Å². The largest absolute Gasteiger partial charge is 0.494 e. The summed E-state index contributed by atoms with van der Waals surface area (Å²) in [5, 5.41) is 12.8. The number of carbonyl (C=O) groups is 1. The first-order chi connectivity index (χ1) is 13.4. The molecule has 0 aromatic heterocycles. The van der Waals surface area contributed by atoms with E-state index in [0.29, 0.717) is 17.1 Å². The summed E-state index contributed by atoms with van der Waals surface area (Å²) in [7, 11) is 1.48. The Balaban J connectivity index is 2.60. The fourth-order valence-electron chi connectivity index (χ4n) is 3.55. The van der Waals surface area contributed by atoms with Gasteiger partial charge >= 0.3 is 5.97 Å². The Hall–Kier alpha value is -1.91. The van der Waals surface area contributed by atoms with E-state index in [1.807, 2.05) is 13.8 Å². The highest BCUT2D eigenvalue weighted by Gasteiger charge is 2.21. The van der Waals surface area contributed by atoms with Crippen molar-refractivity contribution in [3.8, 4) is 5.75 Å². The van der Waals surface area contributed by atoms with Gasteiger partial charge in [-0.1, -0.05) is 64.7 Å². The standard InChI is InChI=1S/C23H40N2O3/c1-5-6-7-8-9-10-11-12-13-14-15-18-16-19(23(26)27)22(28-4)21(20(18)24)25-17(2)3/h16-17,25H,5-15,24H2,1-4H3,(H,26,27). The van der Waals surface area contributed by atoms with E-state index in [1.54, 1.807) is 6.07 Å². The lowest BCUT2D eigenvalue weighted by molar-refractivity contribution is 0.0693. The molecule has 0 unspecified atom stereocenters. The van der Waals surface area contributed by atoms with Crippen molar-refractivity contribution in [2.75, 3.05) is 18.2 Å². The number of hydrogen-bond acceptors (Lipinski definition) is 4. The third-order valence-corrected chi connectivity index (χ3v) is 5.07. The van der Waals surface area contributed by atoms with Gasteiger partial charge in [-0.15, -0.1) is 0 Å². The first kappa shape index (κ1) is 24.1. The predicted molar refractivity (Wildman–Crippen MR) is 119 cm³/mol. The first-order valence-corrected chi connectivity index (χ1v) is 10.9. The van der Waals surface area contributed by atoms with Crippen molar-refractivity contribution in [1.29, 1.82) is 0 Å². The maximum Gasteiger partial charge on any atom is 0.339 e. The molecule has 0 saturated heterocycles. The summed E-state index contributed by atoms with van der Waals surface area (Å²) in [5.74, 6) is -0.682. The minimum atomic E-state index is -0.993. The van der Waals surface area contributed by atoms with Gasteiger partial charge in [0.1, 0.15) is 11.3 Å². The third kappa shape index (κ3) is 7.99. The van der Waals surface area contributed by atoms with Gasteiger partial charge in [0, 0.05) is 6.04 Å². The number of nitrogens with one attached hydrogen (secondary N) is 1. The average molecular weight is 393 g/mol. The van der Waals surface area contributed by atoms with Gasteiger partial charge in [0.2, 0.25) is 0 Å². The number of aromatic carboxylic acids is 1. The molecule has 0 radical (unpaired) electrons. The van der Waals surface area contributed by atoms with Crippen molar-refractivity contribution < 1.29 is 14.6 Å². The fourth-order valence-corrected chi connectivity index (χ4v) is 3.55. The highest BCUT2D eigenvalue weighted by molar-refractivity contribution is 5.97. The Morgan fingerprint density at radius 2 is 1.61 bits per heavy atom. The number of methoxy groups -OCH3 is 1. The molecule has 0 bridgehead atoms. The molecule has 0 aliphatic rings. The molecule has 0 saturated carbocycles. The van der Waals surface area contributed by atoms with Gasteiger partial charge in [0.05, 0.1) is 12.8 Å². The summed E-state index contributed by atoms with van der Waals surface area (Å²) in [5.41, 5.74) is 8.62. The second kappa shape index (κ2) is 13.3. The Morgan fingerprint density at radius 3 is 2.07 bits per heavy atom. The molecule has 0 spiro atoms. The van der Waals surface area contributed by atoms with E-state index in [4.69, 9.17) is 10.5 Å². The number of nitrogen functional groups attached to an aromatic ring is 1. The minimum absolute atomic E-state index is 0.130. The van der Waals surface area contributed by atoms with E-state index in [1.165, 1.54) is 58.5 Å². The Morgan fingerprint density at radius 1 is 1.07 bits per heavy atom. The van der Waals surface area contributed by atoms with Crippen LogP contribution in [-0.2, 0) is 6.42 Å². The van der Waals surface area contributed by atoms with Crippen molar-refractivity contribution in [3.63, 3.8) is 0 Å². The lowest BCUT2D eigenvalue weighted by Gasteiger charge is -2.20. The van der Waals surface area contributed by atoms with Gasteiger partial charge < -0.3 is 20.9 Å². The summed E-state index contributed by atoms with van der Waals surface area (Å²) in [4.78, 5) is 11.7. The number of benzene rings is 1. The third-order valence-electron chi connectivity index (χ3n) is 5.07. The van der Waals surface area contributed by atoms with Crippen LogP contribution in [0.1, 0.15) is 101 Å². The minimum Gasteiger partial charge on any atom is -0.494 e. The molecule has 0 aliphatic heterocycles. The topological polar surface area (TPSA) is 84.6 Å². The number of hydrogen-bond donors (Lipinski definition) is 3. The highest BCUT2D eigenvalue weighted by atomic mass is 16.5. The number of carboxylic acid groups (broad SMARTS) is 1. The summed E-state index contributed by atoms with van der Waals surface area (Å²) >= 11 is 0. The van der Waals surface area contributed by atoms with Gasteiger partial charge in [-0.3, -0.25) is 0 Å². The molecule has 5 heteroatoms. The molecular formula is C23H40N2O3. The van der Waals surface area contributed by atoms with Gasteiger partial charge in [-0.2, -0.15) is 0 Å². The molecular weight excluding hydrogens is 352 g/mol. The summed E-state index contributed by atoms with van der Waals surface area (Å²) in [6.07, 6.45) is 13.5. The quantitative estimate of drug-likeness (QED) is 0.242. The molecule has 4 N–H and O–H groups in total. The SMILES string of the molecule is CCCCCCCCCCCCc1cc(C(=O)O)c(OC)c(NC(C)C)c1N. The highest BCUT2D eigenvalue weighted by Crippen LogP contribution is 2.38. The summed E-state index contributed by atoms with van der Waals surface area (Å²) < 4.78 is 5.36. The van der Waals surface area contributed by atoms with Gasteiger partial charge in [-0.25, -0.2) is 4.79 Å². The number of anilines is 2. The smallest absolute Gasteiger partial charge is 0.339 e. The van der Waals surface area contributed by atoms with Crippen LogP contribution in [0.3, 0.4) is 0 Å². The molecule has 5 nitrogen and oxygen atoms in total. The zero-order valence-corrected chi connectivity index (χ0v) is 18.3. The van der Waals surface area contributed by atoms with Gasteiger partial charge in [0.25, 0.3) is 0 Å². The van der Waals surface area contributed by atoms with Gasteiger partial charge in [0.15, 0.2) is 5.75 Å². The van der Waals surface area contributed by atoms with E-state index in [9.17, 15) is 9.90 Å². The Bertz CT molecular complexity index is 600. The number of ether oxygens (including phenoxy) is 1. The number of nitrogens with two attached hydrogens (primary N) is 1. The normalized spacial score (nSPS) is 11.0. The maximum atomic E-state index is 11.7. The zero-order chi connectivity index (χ0) is 20.9. The van der Waals surface area contributed by atoms with Crippen LogP contribution in [0.25, 0.3) is 0 Å². The zero-order valence-electron chi connectivity index (χ0n) is 18.3. The Kier molecular flexibility index (Phi) is 11.5. The van der Waals surface area contributed by atoms with Crippen LogP contribution in [0, 0.1) is 0 Å². The second-order valence-corrected chi connectivity index (χ2v) is 7.94. The van der Waals surface area contributed by atoms with E-state index < -0.39 is 5.97 Å². The molecule has 1 aromatic carbocycles. The van der Waals surface area contributed by atoms with Crippen molar-refractivity contribution in [3.05, 3.63) is 17.2 Å². The molecule has 0 heterocycles. The first-order valence-electron chi connectivity index (χ1n) is 10.9. The van der Waals surface area contributed by atoms with E-state index in [2.05, 4.69) is 12.2 Å². The lowest BCUT2D eigenvalue weighted by Crippen LogP contribution is -2.16. The molecule has 1 aromatic rings. The van der Waals surface area contributed by atoms with Gasteiger partial charge in [-0.05, 0) is 38.3 Å². The van der Waals surface area contributed by atoms with Crippen LogP contribution in [0.15, 0.2) is 6.07 Å². The van der Waals surface area contributed by atoms with E-state index >= 15 is 0 Å². The molecule has 0 aliphatic carbocycles. The molecule has 28 heavy (non-hydrogen) atoms. The van der Waals surface area contributed by atoms with Crippen molar-refractivity contribution >= 4 is 17.3 Å². The number of rotatable bonds is 15. The number of carboxylic acids is 1. The fraction of sp³-hybridized carbons (Fsp3) is 0.696. The number of aryl methyl sites for hydroxylation is 1. The molecule has 0 amide bonds. The van der Waals surface area contributed by atoms with Crippen LogP contribution >= 0.6 is 0 Å². The Labute approximate surface area is 171 Å². The summed E-state index contributed by atoms with van der Waals surface area (Å²) in [6.45, 7) is 6.24. The number of unbranched alkanes of at least 4 members (excludes halogenated alkanes) is 9. The van der Waals surface area contributed by atoms with Crippen LogP contribution in [0.5, 0.6) is 5.75 Å². The molecule has 1 rings (SSSR count). The van der Waals surface area contributed by atoms with Crippen LogP contribution < -0.4 is 15.8 Å². The van der Waals surface area contributed by atoms with Crippen LogP contribution in [0.2, 0.25) is 0 Å². The monoisotopic (exact) mass is 392 g/mol. The molecule has 0 fully saturated rings. The van der Waals surface area contributed by atoms with Crippen LogP contribution in [0.4, 0.5) is 11.4 Å². The average Bonchev–Trinajstić information content (AvgIpc) is 2.65. The van der Waals surface area contributed by atoms with Crippen molar-refractivity contribution in [2.24, 2.45) is 0 Å².